The molecule has 2 aromatic rings. The highest BCUT2D eigenvalue weighted by Gasteiger charge is 2.06. The summed E-state index contributed by atoms with van der Waals surface area (Å²) < 4.78 is 0.927. The van der Waals surface area contributed by atoms with E-state index in [1.165, 1.54) is 0 Å². The van der Waals surface area contributed by atoms with E-state index in [-0.39, 0.29) is 5.91 Å². The van der Waals surface area contributed by atoms with Crippen molar-refractivity contribution in [3.05, 3.63) is 69.2 Å². The maximum absolute atomic E-state index is 12.0. The molecule has 0 unspecified atom stereocenters. The lowest BCUT2D eigenvalue weighted by Gasteiger charge is -2.06. The molecule has 0 fully saturated rings. The standard InChI is InChI=1S/C16H14BrClN2O/c1-2-15(12-4-3-5-14(18)10-12)19-20-16(21)11-6-8-13(17)9-7-11/h3-10H,2H2,1H3,(H,20,21)/b19-15+. The third-order valence-electron chi connectivity index (χ3n) is 2.89. The van der Waals surface area contributed by atoms with Crippen molar-refractivity contribution in [2.24, 2.45) is 5.10 Å². The highest BCUT2D eigenvalue weighted by Crippen LogP contribution is 2.13. The summed E-state index contributed by atoms with van der Waals surface area (Å²) >= 11 is 9.31. The van der Waals surface area contributed by atoms with Crippen LogP contribution < -0.4 is 5.43 Å². The molecule has 5 heteroatoms. The molecule has 21 heavy (non-hydrogen) atoms. The number of hydrazone groups is 1. The molecule has 0 saturated carbocycles. The van der Waals surface area contributed by atoms with Crippen molar-refractivity contribution in [2.45, 2.75) is 13.3 Å². The Bertz CT molecular complexity index is 668. The number of carbonyl (C=O) groups is 1. The van der Waals surface area contributed by atoms with Gasteiger partial charge in [-0.25, -0.2) is 5.43 Å². The second kappa shape index (κ2) is 7.38. The number of nitrogens with one attached hydrogen (secondary N) is 1. The molecule has 0 aliphatic carbocycles. The van der Waals surface area contributed by atoms with Crippen molar-refractivity contribution in [1.82, 2.24) is 5.43 Å². The molecule has 3 nitrogen and oxygen atoms in total. The average molecular weight is 366 g/mol. The van der Waals surface area contributed by atoms with Gasteiger partial charge in [-0.2, -0.15) is 5.10 Å². The maximum Gasteiger partial charge on any atom is 0.271 e. The smallest absolute Gasteiger partial charge is 0.267 e. The maximum atomic E-state index is 12.0. The van der Waals surface area contributed by atoms with Crippen LogP contribution in [0.2, 0.25) is 5.02 Å². The van der Waals surface area contributed by atoms with E-state index in [1.807, 2.05) is 37.3 Å². The van der Waals surface area contributed by atoms with E-state index < -0.39 is 0 Å². The number of hydrogen-bond acceptors (Lipinski definition) is 2. The normalized spacial score (nSPS) is 11.3. The van der Waals surface area contributed by atoms with Crippen LogP contribution in [0.15, 0.2) is 58.1 Å². The van der Waals surface area contributed by atoms with Crippen LogP contribution >= 0.6 is 27.5 Å². The Morgan fingerprint density at radius 1 is 1.19 bits per heavy atom. The van der Waals surface area contributed by atoms with Crippen LogP contribution in [-0.4, -0.2) is 11.6 Å². The first-order valence-electron chi connectivity index (χ1n) is 6.48. The molecule has 108 valence electrons. The summed E-state index contributed by atoms with van der Waals surface area (Å²) in [6, 6.07) is 14.5. The van der Waals surface area contributed by atoms with E-state index in [0.717, 1.165) is 15.7 Å². The molecule has 1 N–H and O–H groups in total. The lowest BCUT2D eigenvalue weighted by molar-refractivity contribution is 0.0955. The van der Waals surface area contributed by atoms with Crippen molar-refractivity contribution in [3.8, 4) is 0 Å². The molecule has 0 heterocycles. The summed E-state index contributed by atoms with van der Waals surface area (Å²) in [7, 11) is 0. The zero-order valence-electron chi connectivity index (χ0n) is 11.4. The van der Waals surface area contributed by atoms with Gasteiger partial charge >= 0.3 is 0 Å². The van der Waals surface area contributed by atoms with Crippen LogP contribution in [0.3, 0.4) is 0 Å². The molecule has 2 aromatic carbocycles. The van der Waals surface area contributed by atoms with Crippen molar-refractivity contribution in [2.75, 3.05) is 0 Å². The fourth-order valence-electron chi connectivity index (χ4n) is 1.80. The van der Waals surface area contributed by atoms with Gasteiger partial charge in [0.2, 0.25) is 0 Å². The van der Waals surface area contributed by atoms with E-state index in [9.17, 15) is 4.79 Å². The van der Waals surface area contributed by atoms with Gasteiger partial charge in [-0.05, 0) is 48.4 Å². The lowest BCUT2D eigenvalue weighted by Crippen LogP contribution is -2.19. The predicted octanol–water partition coefficient (Wildman–Crippen LogP) is 4.65. The quantitative estimate of drug-likeness (QED) is 0.622. The summed E-state index contributed by atoms with van der Waals surface area (Å²) in [6.07, 6.45) is 0.695. The van der Waals surface area contributed by atoms with Gasteiger partial charge in [0, 0.05) is 15.1 Å². The third kappa shape index (κ3) is 4.41. The van der Waals surface area contributed by atoms with Crippen LogP contribution in [0, 0.1) is 0 Å². The fourth-order valence-corrected chi connectivity index (χ4v) is 2.25. The predicted molar refractivity (Wildman–Crippen MR) is 89.9 cm³/mol. The number of nitrogens with zero attached hydrogens (tertiary/aromatic N) is 1. The molecule has 0 bridgehead atoms. The molecule has 0 atom stereocenters. The number of hydrogen-bond donors (Lipinski definition) is 1. The number of amides is 1. The molecule has 1 amide bonds. The van der Waals surface area contributed by atoms with Gasteiger partial charge < -0.3 is 0 Å². The Balaban J connectivity index is 2.14. The fraction of sp³-hybridized carbons (Fsp3) is 0.125. The summed E-state index contributed by atoms with van der Waals surface area (Å²) in [5.41, 5.74) is 4.82. The van der Waals surface area contributed by atoms with Crippen molar-refractivity contribution in [1.29, 1.82) is 0 Å². The summed E-state index contributed by atoms with van der Waals surface area (Å²) in [6.45, 7) is 1.98. The van der Waals surface area contributed by atoms with E-state index in [2.05, 4.69) is 26.5 Å². The van der Waals surface area contributed by atoms with Crippen molar-refractivity contribution in [3.63, 3.8) is 0 Å². The molecule has 0 aliphatic heterocycles. The first-order chi connectivity index (χ1) is 10.1. The minimum Gasteiger partial charge on any atom is -0.267 e. The van der Waals surface area contributed by atoms with Gasteiger partial charge in [-0.3, -0.25) is 4.79 Å². The van der Waals surface area contributed by atoms with Gasteiger partial charge in [0.15, 0.2) is 0 Å². The number of rotatable bonds is 4. The van der Waals surface area contributed by atoms with Gasteiger partial charge in [0.25, 0.3) is 5.91 Å². The van der Waals surface area contributed by atoms with E-state index in [1.54, 1.807) is 18.2 Å². The number of benzene rings is 2. The summed E-state index contributed by atoms with van der Waals surface area (Å²) in [4.78, 5) is 12.0. The Morgan fingerprint density at radius 2 is 1.90 bits per heavy atom. The zero-order valence-corrected chi connectivity index (χ0v) is 13.8. The highest BCUT2D eigenvalue weighted by atomic mass is 79.9. The zero-order chi connectivity index (χ0) is 15.2. The Hall–Kier alpha value is -1.65. The van der Waals surface area contributed by atoms with Crippen LogP contribution in [0.1, 0.15) is 29.3 Å². The average Bonchev–Trinajstić information content (AvgIpc) is 2.48. The minimum atomic E-state index is -0.240. The molecule has 0 saturated heterocycles. The molecule has 2 rings (SSSR count). The Kier molecular flexibility index (Phi) is 5.53. The Morgan fingerprint density at radius 3 is 2.52 bits per heavy atom. The van der Waals surface area contributed by atoms with Crippen LogP contribution in [0.4, 0.5) is 0 Å². The van der Waals surface area contributed by atoms with Gasteiger partial charge in [0.05, 0.1) is 5.71 Å². The Labute approximate surface area is 137 Å². The minimum absolute atomic E-state index is 0.240. The number of halogens is 2. The largest absolute Gasteiger partial charge is 0.271 e. The summed E-state index contributed by atoms with van der Waals surface area (Å²) in [5, 5.41) is 4.85. The van der Waals surface area contributed by atoms with Gasteiger partial charge in [0.1, 0.15) is 0 Å². The molecule has 0 aromatic heterocycles. The van der Waals surface area contributed by atoms with E-state index in [4.69, 9.17) is 11.6 Å². The first kappa shape index (κ1) is 15.7. The molecule has 0 spiro atoms. The van der Waals surface area contributed by atoms with Gasteiger partial charge in [-0.1, -0.05) is 46.6 Å². The van der Waals surface area contributed by atoms with Crippen LogP contribution in [0.25, 0.3) is 0 Å². The van der Waals surface area contributed by atoms with Crippen LogP contribution in [-0.2, 0) is 0 Å². The third-order valence-corrected chi connectivity index (χ3v) is 3.66. The topological polar surface area (TPSA) is 41.5 Å². The molecule has 0 aliphatic rings. The second-order valence-electron chi connectivity index (χ2n) is 4.37. The monoisotopic (exact) mass is 364 g/mol. The molecular weight excluding hydrogens is 352 g/mol. The molecule has 0 radical (unpaired) electrons. The van der Waals surface area contributed by atoms with E-state index in [0.29, 0.717) is 17.0 Å². The second-order valence-corrected chi connectivity index (χ2v) is 5.72. The lowest BCUT2D eigenvalue weighted by atomic mass is 10.1. The first-order valence-corrected chi connectivity index (χ1v) is 7.65. The SMILES string of the molecule is CC/C(=N\NC(=O)c1ccc(Br)cc1)c1cccc(Cl)c1. The van der Waals surface area contributed by atoms with Crippen LogP contribution in [0.5, 0.6) is 0 Å². The highest BCUT2D eigenvalue weighted by molar-refractivity contribution is 9.10. The number of carbonyl (C=O) groups excluding carboxylic acids is 1. The van der Waals surface area contributed by atoms with Gasteiger partial charge in [-0.15, -0.1) is 0 Å². The van der Waals surface area contributed by atoms with Crippen molar-refractivity contribution >= 4 is 39.1 Å². The molecular formula is C16H14BrClN2O. The van der Waals surface area contributed by atoms with Crippen molar-refractivity contribution < 1.29 is 4.79 Å². The summed E-state index contributed by atoms with van der Waals surface area (Å²) in [5.74, 6) is -0.240. The van der Waals surface area contributed by atoms with E-state index >= 15 is 0 Å².